The molecule has 136 valence electrons. The lowest BCUT2D eigenvalue weighted by atomic mass is 10.2. The van der Waals surface area contributed by atoms with Gasteiger partial charge in [0.1, 0.15) is 5.82 Å². The van der Waals surface area contributed by atoms with Crippen LogP contribution in [0.3, 0.4) is 0 Å². The molecule has 8 nitrogen and oxygen atoms in total. The van der Waals surface area contributed by atoms with Gasteiger partial charge in [0.2, 0.25) is 17.7 Å². The lowest BCUT2D eigenvalue weighted by Gasteiger charge is -2.27. The molecule has 0 radical (unpaired) electrons. The van der Waals surface area contributed by atoms with Crippen LogP contribution in [0.5, 0.6) is 0 Å². The van der Waals surface area contributed by atoms with Gasteiger partial charge in [0, 0.05) is 25.7 Å². The van der Waals surface area contributed by atoms with E-state index in [0.29, 0.717) is 36.2 Å². The Bertz CT molecular complexity index is 875. The fourth-order valence-electron chi connectivity index (χ4n) is 2.63. The van der Waals surface area contributed by atoms with Gasteiger partial charge in [-0.3, -0.25) is 4.57 Å². The molecule has 4 rings (SSSR count). The van der Waals surface area contributed by atoms with Gasteiger partial charge in [-0.05, 0) is 24.3 Å². The standard InChI is InChI=1S/C16H17FN6O2S/c1-22-15(23-6-8-24-9-7-23)19-20-16(22)26-10-13-18-14(21-25-13)11-2-4-12(17)5-3-11/h2-5H,6-10H2,1H3. The van der Waals surface area contributed by atoms with Crippen LogP contribution in [0.4, 0.5) is 10.3 Å². The molecular weight excluding hydrogens is 359 g/mol. The SMILES string of the molecule is Cn1c(SCc2nc(-c3ccc(F)cc3)no2)nnc1N1CCOCC1. The second-order valence-electron chi connectivity index (χ2n) is 5.75. The molecule has 0 unspecified atom stereocenters. The first-order valence-corrected chi connectivity index (χ1v) is 9.12. The number of hydrogen-bond donors (Lipinski definition) is 0. The van der Waals surface area contributed by atoms with Crippen LogP contribution >= 0.6 is 11.8 Å². The van der Waals surface area contributed by atoms with Crippen LogP contribution in [0.15, 0.2) is 33.9 Å². The summed E-state index contributed by atoms with van der Waals surface area (Å²) < 4.78 is 25.6. The zero-order valence-electron chi connectivity index (χ0n) is 14.1. The normalized spacial score (nSPS) is 14.8. The Kier molecular flexibility index (Phi) is 4.85. The third kappa shape index (κ3) is 3.56. The molecule has 26 heavy (non-hydrogen) atoms. The Balaban J connectivity index is 1.41. The molecule has 3 heterocycles. The second-order valence-corrected chi connectivity index (χ2v) is 6.69. The van der Waals surface area contributed by atoms with Crippen molar-refractivity contribution in [2.45, 2.75) is 10.9 Å². The highest BCUT2D eigenvalue weighted by molar-refractivity contribution is 7.98. The van der Waals surface area contributed by atoms with Crippen molar-refractivity contribution in [3.63, 3.8) is 0 Å². The predicted molar refractivity (Wildman–Crippen MR) is 93.3 cm³/mol. The quantitative estimate of drug-likeness (QED) is 0.627. The van der Waals surface area contributed by atoms with E-state index in [4.69, 9.17) is 9.26 Å². The number of benzene rings is 1. The van der Waals surface area contributed by atoms with Crippen molar-refractivity contribution in [1.29, 1.82) is 0 Å². The molecule has 0 N–H and O–H groups in total. The van der Waals surface area contributed by atoms with Gasteiger partial charge in [-0.2, -0.15) is 4.98 Å². The lowest BCUT2D eigenvalue weighted by Crippen LogP contribution is -2.37. The fourth-order valence-corrected chi connectivity index (χ4v) is 3.37. The Morgan fingerprint density at radius 1 is 1.15 bits per heavy atom. The number of morpholine rings is 1. The van der Waals surface area contributed by atoms with Crippen molar-refractivity contribution >= 4 is 17.7 Å². The monoisotopic (exact) mass is 376 g/mol. The number of thioether (sulfide) groups is 1. The number of ether oxygens (including phenoxy) is 1. The zero-order valence-corrected chi connectivity index (χ0v) is 14.9. The summed E-state index contributed by atoms with van der Waals surface area (Å²) in [6.45, 7) is 3.01. The largest absolute Gasteiger partial charge is 0.378 e. The summed E-state index contributed by atoms with van der Waals surface area (Å²) in [7, 11) is 1.94. The molecule has 1 fully saturated rings. The van der Waals surface area contributed by atoms with Gasteiger partial charge in [-0.1, -0.05) is 16.9 Å². The minimum atomic E-state index is -0.300. The molecule has 0 saturated carbocycles. The Morgan fingerprint density at radius 3 is 2.69 bits per heavy atom. The smallest absolute Gasteiger partial charge is 0.237 e. The molecule has 10 heteroatoms. The molecule has 1 saturated heterocycles. The number of hydrogen-bond acceptors (Lipinski definition) is 8. The summed E-state index contributed by atoms with van der Waals surface area (Å²) in [5, 5.41) is 13.2. The minimum absolute atomic E-state index is 0.300. The van der Waals surface area contributed by atoms with E-state index in [0.717, 1.165) is 24.2 Å². The van der Waals surface area contributed by atoms with Gasteiger partial charge in [0.25, 0.3) is 0 Å². The molecular formula is C16H17FN6O2S. The number of nitrogens with zero attached hydrogens (tertiary/aromatic N) is 6. The van der Waals surface area contributed by atoms with Crippen molar-refractivity contribution in [2.75, 3.05) is 31.2 Å². The number of anilines is 1. The first-order valence-electron chi connectivity index (χ1n) is 8.14. The second kappa shape index (κ2) is 7.42. The Morgan fingerprint density at radius 2 is 1.92 bits per heavy atom. The van der Waals surface area contributed by atoms with Gasteiger partial charge in [0.15, 0.2) is 5.16 Å². The maximum Gasteiger partial charge on any atom is 0.237 e. The summed E-state index contributed by atoms with van der Waals surface area (Å²) in [6, 6.07) is 5.97. The summed E-state index contributed by atoms with van der Waals surface area (Å²) in [5.74, 6) is 1.92. The van der Waals surface area contributed by atoms with Crippen molar-refractivity contribution in [1.82, 2.24) is 24.9 Å². The fraction of sp³-hybridized carbons (Fsp3) is 0.375. The van der Waals surface area contributed by atoms with Crippen LogP contribution in [0.25, 0.3) is 11.4 Å². The minimum Gasteiger partial charge on any atom is -0.378 e. The number of halogens is 1. The zero-order chi connectivity index (χ0) is 17.9. The molecule has 0 amide bonds. The molecule has 1 aliphatic heterocycles. The van der Waals surface area contributed by atoms with E-state index in [1.807, 2.05) is 11.6 Å². The van der Waals surface area contributed by atoms with Crippen LogP contribution in [-0.4, -0.2) is 51.2 Å². The molecule has 0 spiro atoms. The third-order valence-corrected chi connectivity index (χ3v) is 5.01. The van der Waals surface area contributed by atoms with E-state index < -0.39 is 0 Å². The van der Waals surface area contributed by atoms with E-state index in [1.165, 1.54) is 23.9 Å². The number of rotatable bonds is 5. The van der Waals surface area contributed by atoms with Crippen molar-refractivity contribution in [2.24, 2.45) is 7.05 Å². The first-order chi connectivity index (χ1) is 12.7. The van der Waals surface area contributed by atoms with Crippen LogP contribution in [0.1, 0.15) is 5.89 Å². The summed E-state index contributed by atoms with van der Waals surface area (Å²) in [6.07, 6.45) is 0. The van der Waals surface area contributed by atoms with Crippen LogP contribution in [-0.2, 0) is 17.5 Å². The lowest BCUT2D eigenvalue weighted by molar-refractivity contribution is 0.121. The topological polar surface area (TPSA) is 82.1 Å². The highest BCUT2D eigenvalue weighted by Crippen LogP contribution is 2.25. The molecule has 1 aromatic carbocycles. The maximum absolute atomic E-state index is 13.0. The van der Waals surface area contributed by atoms with E-state index in [1.54, 1.807) is 12.1 Å². The molecule has 0 bridgehead atoms. The molecule has 1 aliphatic rings. The highest BCUT2D eigenvalue weighted by atomic mass is 32.2. The average Bonchev–Trinajstić information content (AvgIpc) is 3.28. The molecule has 0 atom stereocenters. The van der Waals surface area contributed by atoms with Gasteiger partial charge < -0.3 is 14.2 Å². The van der Waals surface area contributed by atoms with E-state index in [9.17, 15) is 4.39 Å². The molecule has 3 aromatic rings. The highest BCUT2D eigenvalue weighted by Gasteiger charge is 2.19. The summed E-state index contributed by atoms with van der Waals surface area (Å²) in [5.41, 5.74) is 0.708. The first kappa shape index (κ1) is 17.0. The molecule has 2 aromatic heterocycles. The van der Waals surface area contributed by atoms with Crippen LogP contribution < -0.4 is 4.90 Å². The Labute approximate surface area is 153 Å². The van der Waals surface area contributed by atoms with E-state index >= 15 is 0 Å². The third-order valence-electron chi connectivity index (χ3n) is 4.00. The van der Waals surface area contributed by atoms with Crippen molar-refractivity contribution < 1.29 is 13.7 Å². The summed E-state index contributed by atoms with van der Waals surface area (Å²) >= 11 is 1.47. The van der Waals surface area contributed by atoms with Gasteiger partial charge in [-0.25, -0.2) is 4.39 Å². The van der Waals surface area contributed by atoms with Crippen LogP contribution in [0.2, 0.25) is 0 Å². The van der Waals surface area contributed by atoms with Crippen molar-refractivity contribution in [3.8, 4) is 11.4 Å². The van der Waals surface area contributed by atoms with Crippen molar-refractivity contribution in [3.05, 3.63) is 36.0 Å². The van der Waals surface area contributed by atoms with Gasteiger partial charge in [-0.15, -0.1) is 10.2 Å². The van der Waals surface area contributed by atoms with E-state index in [2.05, 4.69) is 25.2 Å². The van der Waals surface area contributed by atoms with Gasteiger partial charge >= 0.3 is 0 Å². The van der Waals surface area contributed by atoms with Gasteiger partial charge in [0.05, 0.1) is 19.0 Å². The number of aromatic nitrogens is 5. The Hall–Kier alpha value is -2.46. The average molecular weight is 376 g/mol. The predicted octanol–water partition coefficient (Wildman–Crippen LogP) is 2.13. The summed E-state index contributed by atoms with van der Waals surface area (Å²) in [4.78, 5) is 6.50. The van der Waals surface area contributed by atoms with Crippen LogP contribution in [0, 0.1) is 5.82 Å². The molecule has 0 aliphatic carbocycles. The maximum atomic E-state index is 13.0. The van der Waals surface area contributed by atoms with E-state index in [-0.39, 0.29) is 5.82 Å².